The van der Waals surface area contributed by atoms with Gasteiger partial charge in [-0.05, 0) is 92.2 Å². The Hall–Kier alpha value is -3.03. The Morgan fingerprint density at radius 1 is 1.02 bits per heavy atom. The largest absolute Gasteiger partial charge is 0.474 e. The first-order chi connectivity index (χ1) is 22.9. The van der Waals surface area contributed by atoms with Gasteiger partial charge in [-0.15, -0.1) is 0 Å². The Labute approximate surface area is 282 Å². The van der Waals surface area contributed by atoms with Gasteiger partial charge in [0.2, 0.25) is 5.82 Å². The first-order valence-electron chi connectivity index (χ1n) is 17.8. The average Bonchev–Trinajstić information content (AvgIpc) is 3.41. The molecule has 3 saturated carbocycles. The molecule has 2 N–H and O–H groups in total. The number of fused-ring (bicyclic) bond motifs is 1. The highest BCUT2D eigenvalue weighted by Crippen LogP contribution is 2.56. The fourth-order valence-corrected chi connectivity index (χ4v) is 8.70. The van der Waals surface area contributed by atoms with Crippen molar-refractivity contribution in [3.05, 3.63) is 17.2 Å². The number of likely N-dealkylation sites (N-methyl/N-ethyl adjacent to an activating group) is 1. The van der Waals surface area contributed by atoms with Gasteiger partial charge in [-0.1, -0.05) is 6.42 Å². The van der Waals surface area contributed by atoms with Gasteiger partial charge in [-0.3, -0.25) is 9.69 Å². The normalized spacial score (nSPS) is 29.6. The number of ketones is 1. The lowest BCUT2D eigenvalue weighted by molar-refractivity contribution is -0.251. The maximum Gasteiger partial charge on any atom is 0.410 e. The van der Waals surface area contributed by atoms with Crippen LogP contribution in [-0.4, -0.2) is 108 Å². The molecule has 0 radical (unpaired) electrons. The summed E-state index contributed by atoms with van der Waals surface area (Å²) in [7, 11) is 2.04. The third-order valence-corrected chi connectivity index (χ3v) is 11.4. The van der Waals surface area contributed by atoms with E-state index >= 15 is 4.39 Å². The van der Waals surface area contributed by atoms with E-state index in [-0.39, 0.29) is 47.7 Å². The lowest BCUT2D eigenvalue weighted by Gasteiger charge is -2.51. The van der Waals surface area contributed by atoms with Gasteiger partial charge in [0.05, 0.1) is 29.9 Å². The number of nitrogens with two attached hydrogens (primary N) is 1. The number of halogens is 1. The van der Waals surface area contributed by atoms with Crippen LogP contribution in [0.2, 0.25) is 0 Å². The zero-order chi connectivity index (χ0) is 33.9. The summed E-state index contributed by atoms with van der Waals surface area (Å²) >= 11 is 0. The number of likely N-dealkylation sites (tertiary alicyclic amines) is 1. The van der Waals surface area contributed by atoms with Crippen LogP contribution in [0.5, 0.6) is 5.88 Å². The number of Topliss-reactive ketones (excluding diaryl/α,β-unsaturated/α-hetero) is 1. The van der Waals surface area contributed by atoms with E-state index in [1.807, 2.05) is 32.7 Å². The Bertz CT molecular complexity index is 1470. The number of aromatic nitrogens is 2. The van der Waals surface area contributed by atoms with Gasteiger partial charge in [0.1, 0.15) is 12.2 Å². The Kier molecular flexibility index (Phi) is 8.63. The third-order valence-electron chi connectivity index (χ3n) is 11.4. The van der Waals surface area contributed by atoms with Crippen molar-refractivity contribution < 1.29 is 32.9 Å². The van der Waals surface area contributed by atoms with Crippen molar-refractivity contribution in [3.8, 4) is 5.88 Å². The van der Waals surface area contributed by atoms with Crippen molar-refractivity contribution in [1.29, 1.82) is 0 Å². The Balaban J connectivity index is 1.23. The van der Waals surface area contributed by atoms with Crippen molar-refractivity contribution in [2.75, 3.05) is 57.9 Å². The highest BCUT2D eigenvalue weighted by Gasteiger charge is 2.62. The van der Waals surface area contributed by atoms with Crippen molar-refractivity contribution >= 4 is 23.4 Å². The molecule has 2 atom stereocenters. The Morgan fingerprint density at radius 3 is 2.44 bits per heavy atom. The van der Waals surface area contributed by atoms with Gasteiger partial charge >= 0.3 is 6.09 Å². The molecule has 0 unspecified atom stereocenters. The maximum absolute atomic E-state index is 16.5. The van der Waals surface area contributed by atoms with E-state index in [2.05, 4.69) is 9.88 Å². The van der Waals surface area contributed by atoms with Crippen molar-refractivity contribution in [2.45, 2.75) is 114 Å². The van der Waals surface area contributed by atoms with Crippen LogP contribution in [0.1, 0.15) is 97.2 Å². The summed E-state index contributed by atoms with van der Waals surface area (Å²) in [6, 6.07) is 0.141. The topological polar surface area (TPSA) is 133 Å². The number of anilines is 1. The van der Waals surface area contributed by atoms with Crippen LogP contribution in [0, 0.1) is 11.2 Å². The number of allylic oxidation sites excluding steroid dienone is 1. The molecular formula is C35H51FN6O6. The van der Waals surface area contributed by atoms with Crippen molar-refractivity contribution in [2.24, 2.45) is 11.1 Å². The SMILES string of the molecule is CN1CCC[C@H]1COc1nc(/C(N)=C2\CCC[C@@]3(CCCCC34OCCO4)C2=O)nc(N2CCN(C(=O)OC(C)(C)C)C3(CC3)C2)c1F. The lowest BCUT2D eigenvalue weighted by Crippen LogP contribution is -2.58. The molecule has 12 nitrogen and oxygen atoms in total. The Morgan fingerprint density at radius 2 is 1.75 bits per heavy atom. The predicted molar refractivity (Wildman–Crippen MR) is 176 cm³/mol. The molecule has 3 aliphatic carbocycles. The summed E-state index contributed by atoms with van der Waals surface area (Å²) in [5, 5.41) is 0. The highest BCUT2D eigenvalue weighted by molar-refractivity contribution is 6.06. The van der Waals surface area contributed by atoms with Crippen LogP contribution < -0.4 is 15.4 Å². The molecule has 48 heavy (non-hydrogen) atoms. The number of ether oxygens (including phenoxy) is 4. The van der Waals surface area contributed by atoms with E-state index in [1.165, 1.54) is 0 Å². The summed E-state index contributed by atoms with van der Waals surface area (Å²) in [5.74, 6) is -1.68. The minimum atomic E-state index is -0.933. The molecule has 0 bridgehead atoms. The number of carbonyl (C=O) groups excluding carboxylic acids is 2. The predicted octanol–water partition coefficient (Wildman–Crippen LogP) is 4.40. The fourth-order valence-electron chi connectivity index (χ4n) is 8.70. The summed E-state index contributed by atoms with van der Waals surface area (Å²) in [4.78, 5) is 42.8. The number of rotatable bonds is 5. The van der Waals surface area contributed by atoms with Crippen LogP contribution in [0.3, 0.4) is 0 Å². The molecule has 3 saturated heterocycles. The summed E-state index contributed by atoms with van der Waals surface area (Å²) < 4.78 is 40.7. The number of piperazine rings is 1. The van der Waals surface area contributed by atoms with E-state index in [0.29, 0.717) is 64.1 Å². The first kappa shape index (κ1) is 33.5. The zero-order valence-electron chi connectivity index (χ0n) is 28.9. The molecule has 7 rings (SSSR count). The van der Waals surface area contributed by atoms with Crippen LogP contribution in [0.4, 0.5) is 15.0 Å². The second kappa shape index (κ2) is 12.4. The summed E-state index contributed by atoms with van der Waals surface area (Å²) in [6.45, 7) is 8.80. The molecular weight excluding hydrogens is 619 g/mol. The van der Waals surface area contributed by atoms with Crippen molar-refractivity contribution in [1.82, 2.24) is 19.8 Å². The summed E-state index contributed by atoms with van der Waals surface area (Å²) in [5.41, 5.74) is 5.57. The van der Waals surface area contributed by atoms with Gasteiger partial charge in [0.25, 0.3) is 5.88 Å². The fraction of sp³-hybridized carbons (Fsp3) is 0.771. The van der Waals surface area contributed by atoms with Gasteiger partial charge in [-0.2, -0.15) is 9.37 Å². The van der Waals surface area contributed by atoms with Crippen LogP contribution >= 0.6 is 0 Å². The van der Waals surface area contributed by atoms with Gasteiger partial charge in [0, 0.05) is 37.7 Å². The van der Waals surface area contributed by atoms with Crippen LogP contribution in [0.15, 0.2) is 5.57 Å². The third kappa shape index (κ3) is 5.83. The molecule has 1 amide bonds. The van der Waals surface area contributed by atoms with Crippen LogP contribution in [0.25, 0.3) is 5.70 Å². The minimum Gasteiger partial charge on any atom is -0.474 e. The molecule has 3 aliphatic heterocycles. The quantitative estimate of drug-likeness (QED) is 0.447. The zero-order valence-corrected chi connectivity index (χ0v) is 28.9. The second-order valence-electron chi connectivity index (χ2n) is 15.7. The lowest BCUT2D eigenvalue weighted by atomic mass is 9.59. The van der Waals surface area contributed by atoms with E-state index < -0.39 is 28.2 Å². The molecule has 1 aromatic heterocycles. The van der Waals surface area contributed by atoms with E-state index in [4.69, 9.17) is 29.7 Å². The molecule has 4 heterocycles. The summed E-state index contributed by atoms with van der Waals surface area (Å²) in [6.07, 6.45) is 8.30. The minimum absolute atomic E-state index is 0.0692. The molecule has 6 aliphatic rings. The molecule has 264 valence electrons. The molecule has 1 aromatic rings. The smallest absolute Gasteiger partial charge is 0.410 e. The number of nitrogens with zero attached hydrogens (tertiary/aromatic N) is 5. The standard InChI is InChI=1S/C35H51FN6O6/c1-32(2,3)48-31(44)42-18-17-41(22-33(42)14-15-33)29-25(36)30(45-21-23-9-8-16-40(23)4)39-28(38-29)26(37)24-10-7-12-34(27(24)43)11-5-6-13-35(34)46-19-20-47-35/h23H,5-22,37H2,1-4H3/b26-24-/t23-,34-/m0/s1. The maximum atomic E-state index is 16.5. The van der Waals surface area contributed by atoms with Gasteiger partial charge in [0.15, 0.2) is 23.2 Å². The van der Waals surface area contributed by atoms with E-state index in [9.17, 15) is 9.59 Å². The van der Waals surface area contributed by atoms with Gasteiger partial charge in [-0.25, -0.2) is 9.78 Å². The van der Waals surface area contributed by atoms with Crippen molar-refractivity contribution in [3.63, 3.8) is 0 Å². The average molecular weight is 671 g/mol. The monoisotopic (exact) mass is 670 g/mol. The number of hydrogen-bond donors (Lipinski definition) is 1. The van der Waals surface area contributed by atoms with Gasteiger partial charge < -0.3 is 34.5 Å². The van der Waals surface area contributed by atoms with Crippen LogP contribution in [-0.2, 0) is 19.0 Å². The molecule has 6 fully saturated rings. The molecule has 3 spiro atoms. The number of hydrogen-bond acceptors (Lipinski definition) is 11. The first-order valence-corrected chi connectivity index (χ1v) is 17.8. The highest BCUT2D eigenvalue weighted by atomic mass is 19.1. The number of amides is 1. The van der Waals surface area contributed by atoms with E-state index in [0.717, 1.165) is 51.5 Å². The molecule has 13 heteroatoms. The second-order valence-corrected chi connectivity index (χ2v) is 15.7. The number of carbonyl (C=O) groups is 2. The van der Waals surface area contributed by atoms with E-state index in [1.54, 1.807) is 4.90 Å². The molecule has 0 aromatic carbocycles.